The highest BCUT2D eigenvalue weighted by molar-refractivity contribution is 6.08. The Morgan fingerprint density at radius 1 is 1.32 bits per heavy atom. The van der Waals surface area contributed by atoms with Gasteiger partial charge < -0.3 is 5.73 Å². The van der Waals surface area contributed by atoms with Crippen LogP contribution in [-0.4, -0.2) is 24.9 Å². The molecule has 0 bridgehead atoms. The first-order valence-electron chi connectivity index (χ1n) is 5.66. The summed E-state index contributed by atoms with van der Waals surface area (Å²) in [6.07, 6.45) is -4.42. The smallest absolute Gasteiger partial charge is 0.387 e. The molecule has 1 atom stereocenters. The molecule has 1 aromatic carbocycles. The van der Waals surface area contributed by atoms with E-state index in [0.29, 0.717) is 6.42 Å². The van der Waals surface area contributed by atoms with E-state index in [4.69, 9.17) is 5.73 Å². The molecule has 2 rings (SSSR count). The molecule has 0 saturated heterocycles. The molecule has 7 heteroatoms. The largest absolute Gasteiger partial charge is 0.417 e. The first kappa shape index (κ1) is 13.5. The number of benzene rings is 1. The quantitative estimate of drug-likeness (QED) is 0.860. The van der Waals surface area contributed by atoms with Crippen molar-refractivity contribution in [2.45, 2.75) is 18.8 Å². The summed E-state index contributed by atoms with van der Waals surface area (Å²) in [5, 5.41) is 2.86. The van der Waals surface area contributed by atoms with Crippen LogP contribution in [0.25, 0.3) is 0 Å². The number of nitrogens with one attached hydrogen (secondary N) is 1. The number of nitrogens with two attached hydrogens (primary N) is 1. The fourth-order valence-electron chi connectivity index (χ4n) is 1.82. The Morgan fingerprint density at radius 2 is 2.00 bits per heavy atom. The van der Waals surface area contributed by atoms with Crippen molar-refractivity contribution in [3.63, 3.8) is 0 Å². The molecule has 0 saturated carbocycles. The second-order valence-corrected chi connectivity index (χ2v) is 4.11. The lowest BCUT2D eigenvalue weighted by Gasteiger charge is -2.19. The van der Waals surface area contributed by atoms with Crippen molar-refractivity contribution >= 4 is 11.7 Å². The lowest BCUT2D eigenvalue weighted by Crippen LogP contribution is -2.34. The monoisotopic (exact) mass is 270 g/mol. The molecular weight excluding hydrogens is 257 g/mol. The van der Waals surface area contributed by atoms with Crippen molar-refractivity contribution in [3.8, 4) is 0 Å². The van der Waals surface area contributed by atoms with Gasteiger partial charge in [-0.05, 0) is 13.1 Å². The molecule has 0 fully saturated rings. The van der Waals surface area contributed by atoms with Crippen LogP contribution in [0.5, 0.6) is 0 Å². The van der Waals surface area contributed by atoms with Crippen molar-refractivity contribution in [1.29, 1.82) is 0 Å². The minimum Gasteiger partial charge on any atom is -0.387 e. The zero-order valence-corrected chi connectivity index (χ0v) is 10.2. The Bertz CT molecular complexity index is 534. The van der Waals surface area contributed by atoms with E-state index in [2.05, 4.69) is 15.3 Å². The van der Waals surface area contributed by atoms with Gasteiger partial charge in [-0.3, -0.25) is 5.32 Å². The Balaban J connectivity index is 2.50. The summed E-state index contributed by atoms with van der Waals surface area (Å²) in [6.45, 7) is 0. The van der Waals surface area contributed by atoms with Gasteiger partial charge in [-0.1, -0.05) is 18.2 Å². The van der Waals surface area contributed by atoms with E-state index in [1.807, 2.05) is 0 Å². The summed E-state index contributed by atoms with van der Waals surface area (Å²) in [7, 11) is 1.67. The average molecular weight is 270 g/mol. The highest BCUT2D eigenvalue weighted by Gasteiger charge is 2.34. The van der Waals surface area contributed by atoms with Crippen molar-refractivity contribution < 1.29 is 13.2 Å². The van der Waals surface area contributed by atoms with E-state index in [0.717, 1.165) is 6.07 Å². The number of rotatable bonds is 2. The number of alkyl halides is 3. The summed E-state index contributed by atoms with van der Waals surface area (Å²) in [5.74, 6) is 0.275. The lowest BCUT2D eigenvalue weighted by atomic mass is 10.1. The summed E-state index contributed by atoms with van der Waals surface area (Å²) in [6, 6.07) is 5.20. The molecule has 3 N–H and O–H groups in total. The standard InChI is InChI=1S/C12H13F3N4/c1-17-10-6-9(16)18-11(19-10)7-4-2-3-5-8(7)12(13,14)15/h2-5,10,17H,6H2,1H3,(H2,16,18,19). The van der Waals surface area contributed by atoms with Crippen LogP contribution in [-0.2, 0) is 6.18 Å². The number of hydrogen-bond donors (Lipinski definition) is 2. The van der Waals surface area contributed by atoms with E-state index in [-0.39, 0.29) is 23.4 Å². The molecule has 1 aliphatic rings. The molecule has 1 heterocycles. The molecule has 0 aliphatic carbocycles. The maximum Gasteiger partial charge on any atom is 0.417 e. The van der Waals surface area contributed by atoms with Crippen molar-refractivity contribution in [2.75, 3.05) is 7.05 Å². The second-order valence-electron chi connectivity index (χ2n) is 4.11. The zero-order chi connectivity index (χ0) is 14.0. The predicted octanol–water partition coefficient (Wildman–Crippen LogP) is 1.76. The Morgan fingerprint density at radius 3 is 2.63 bits per heavy atom. The summed E-state index contributed by atoms with van der Waals surface area (Å²) >= 11 is 0. The van der Waals surface area contributed by atoms with Crippen molar-refractivity contribution in [1.82, 2.24) is 5.32 Å². The molecule has 1 unspecified atom stereocenters. The maximum atomic E-state index is 12.9. The summed E-state index contributed by atoms with van der Waals surface area (Å²) in [4.78, 5) is 8.06. The first-order valence-corrected chi connectivity index (χ1v) is 5.66. The number of aliphatic imine (C=N–C) groups is 2. The zero-order valence-electron chi connectivity index (χ0n) is 10.2. The van der Waals surface area contributed by atoms with Gasteiger partial charge >= 0.3 is 6.18 Å². The Kier molecular flexibility index (Phi) is 3.57. The van der Waals surface area contributed by atoms with Crippen LogP contribution in [0, 0.1) is 0 Å². The van der Waals surface area contributed by atoms with Crippen LogP contribution in [0.1, 0.15) is 17.5 Å². The normalized spacial score (nSPS) is 19.9. The summed E-state index contributed by atoms with van der Waals surface area (Å²) < 4.78 is 38.8. The van der Waals surface area contributed by atoms with Gasteiger partial charge in [-0.15, -0.1) is 0 Å². The van der Waals surface area contributed by atoms with Crippen LogP contribution >= 0.6 is 0 Å². The molecule has 1 aromatic rings. The number of halogens is 3. The maximum absolute atomic E-state index is 12.9. The first-order chi connectivity index (χ1) is 8.91. The average Bonchev–Trinajstić information content (AvgIpc) is 2.37. The number of amidine groups is 2. The van der Waals surface area contributed by atoms with Gasteiger partial charge in [0.05, 0.1) is 5.56 Å². The van der Waals surface area contributed by atoms with Gasteiger partial charge in [-0.2, -0.15) is 13.2 Å². The Hall–Kier alpha value is -1.89. The van der Waals surface area contributed by atoms with E-state index in [1.165, 1.54) is 18.2 Å². The van der Waals surface area contributed by atoms with E-state index in [1.54, 1.807) is 7.05 Å². The van der Waals surface area contributed by atoms with Gasteiger partial charge in [0.15, 0.2) is 5.84 Å². The third-order valence-corrected chi connectivity index (χ3v) is 2.74. The van der Waals surface area contributed by atoms with Crippen LogP contribution < -0.4 is 11.1 Å². The topological polar surface area (TPSA) is 62.8 Å². The third kappa shape index (κ3) is 2.93. The van der Waals surface area contributed by atoms with Gasteiger partial charge in [0.1, 0.15) is 12.0 Å². The minimum atomic E-state index is -4.45. The molecule has 4 nitrogen and oxygen atoms in total. The number of nitrogens with zero attached hydrogens (tertiary/aromatic N) is 2. The molecule has 102 valence electrons. The molecule has 0 amide bonds. The SMILES string of the molecule is CNC1CC(N)=NC(c2ccccc2C(F)(F)F)=N1. The van der Waals surface area contributed by atoms with Crippen LogP contribution in [0.2, 0.25) is 0 Å². The minimum absolute atomic E-state index is 0.0102. The number of hydrogen-bond acceptors (Lipinski definition) is 4. The van der Waals surface area contributed by atoms with E-state index < -0.39 is 11.7 Å². The summed E-state index contributed by atoms with van der Waals surface area (Å²) in [5.41, 5.74) is 4.82. The van der Waals surface area contributed by atoms with E-state index >= 15 is 0 Å². The molecule has 0 aromatic heterocycles. The van der Waals surface area contributed by atoms with Gasteiger partial charge in [0, 0.05) is 12.0 Å². The second kappa shape index (κ2) is 5.00. The molecule has 19 heavy (non-hydrogen) atoms. The van der Waals surface area contributed by atoms with Crippen LogP contribution in [0.3, 0.4) is 0 Å². The van der Waals surface area contributed by atoms with E-state index in [9.17, 15) is 13.2 Å². The Labute approximate surface area is 108 Å². The van der Waals surface area contributed by atoms with Gasteiger partial charge in [0.25, 0.3) is 0 Å². The highest BCUT2D eigenvalue weighted by atomic mass is 19.4. The molecule has 0 spiro atoms. The van der Waals surface area contributed by atoms with Crippen LogP contribution in [0.15, 0.2) is 34.3 Å². The van der Waals surface area contributed by atoms with Gasteiger partial charge in [-0.25, -0.2) is 9.98 Å². The highest BCUT2D eigenvalue weighted by Crippen LogP contribution is 2.32. The predicted molar refractivity (Wildman–Crippen MR) is 67.1 cm³/mol. The molecule has 1 aliphatic heterocycles. The molecule has 0 radical (unpaired) electrons. The fraction of sp³-hybridized carbons (Fsp3) is 0.333. The third-order valence-electron chi connectivity index (χ3n) is 2.74. The molecular formula is C12H13F3N4. The van der Waals surface area contributed by atoms with Gasteiger partial charge in [0.2, 0.25) is 0 Å². The van der Waals surface area contributed by atoms with Crippen molar-refractivity contribution in [3.05, 3.63) is 35.4 Å². The lowest BCUT2D eigenvalue weighted by molar-refractivity contribution is -0.137. The fourth-order valence-corrected chi connectivity index (χ4v) is 1.82. The van der Waals surface area contributed by atoms with Crippen molar-refractivity contribution in [2.24, 2.45) is 15.7 Å². The van der Waals surface area contributed by atoms with Crippen LogP contribution in [0.4, 0.5) is 13.2 Å².